The molecule has 0 spiro atoms. The summed E-state index contributed by atoms with van der Waals surface area (Å²) < 4.78 is 7.36. The lowest BCUT2D eigenvalue weighted by molar-refractivity contribution is 0.434. The van der Waals surface area contributed by atoms with Gasteiger partial charge in [-0.2, -0.15) is 0 Å². The molecule has 6 heterocycles. The van der Waals surface area contributed by atoms with Gasteiger partial charge < -0.3 is 4.90 Å². The second-order valence-electron chi connectivity index (χ2n) is 20.9. The fraction of sp³-hybridized carbons (Fsp3) is 0.0274. The van der Waals surface area contributed by atoms with Gasteiger partial charge in [0.15, 0.2) is 11.7 Å². The van der Waals surface area contributed by atoms with Crippen LogP contribution in [0.25, 0.3) is 130 Å². The third kappa shape index (κ3) is 8.28. The number of likely N-dealkylation sites (N-methyl/N-ethyl adjacent to an activating group) is 1. The van der Waals surface area contributed by atoms with Crippen LogP contribution in [-0.4, -0.2) is 42.3 Å². The van der Waals surface area contributed by atoms with E-state index in [9.17, 15) is 0 Å². The molecule has 0 aliphatic carbocycles. The summed E-state index contributed by atoms with van der Waals surface area (Å²) in [5.41, 5.74) is 14.2. The first-order valence-corrected chi connectivity index (χ1v) is 29.1. The lowest BCUT2D eigenvalue weighted by Gasteiger charge is -2.33. The highest BCUT2D eigenvalue weighted by atomic mass is 32.1. The van der Waals surface area contributed by atoms with E-state index in [2.05, 4.69) is 229 Å². The second kappa shape index (κ2) is 19.6. The Bertz CT molecular complexity index is 4830. The van der Waals surface area contributed by atoms with Crippen molar-refractivity contribution in [2.45, 2.75) is 6.04 Å². The highest BCUT2D eigenvalue weighted by molar-refractivity contribution is 7.26. The van der Waals surface area contributed by atoms with E-state index in [1.165, 1.54) is 40.3 Å². The summed E-state index contributed by atoms with van der Waals surface area (Å²) in [6.07, 6.45) is 2.25. The van der Waals surface area contributed by atoms with Crippen LogP contribution in [0.5, 0.6) is 0 Å². The minimum absolute atomic E-state index is 0.157. The van der Waals surface area contributed by atoms with Gasteiger partial charge in [0.2, 0.25) is 5.95 Å². The minimum Gasteiger partial charge on any atom is -0.347 e. The van der Waals surface area contributed by atoms with Gasteiger partial charge in [-0.3, -0.25) is 4.57 Å². The summed E-state index contributed by atoms with van der Waals surface area (Å²) in [6.45, 7) is 0. The summed E-state index contributed by atoms with van der Waals surface area (Å²) in [4.78, 5) is 29.7. The Morgan fingerprint density at radius 2 is 0.768 bits per heavy atom. The van der Waals surface area contributed by atoms with E-state index >= 15 is 0 Å². The summed E-state index contributed by atoms with van der Waals surface area (Å²) in [5.74, 6) is 1.64. The maximum absolute atomic E-state index is 5.67. The van der Waals surface area contributed by atoms with Crippen molar-refractivity contribution in [3.63, 3.8) is 0 Å². The molecule has 1 unspecified atom stereocenters. The zero-order valence-corrected chi connectivity index (χ0v) is 46.0. The topological polar surface area (TPSA) is 72.1 Å². The molecule has 0 bridgehead atoms. The number of fused-ring (bicyclic) bond motifs is 9. The van der Waals surface area contributed by atoms with Gasteiger partial charge in [0, 0.05) is 69.3 Å². The molecular formula is C73H47N7S2. The Kier molecular flexibility index (Phi) is 11.4. The first-order valence-electron chi connectivity index (χ1n) is 27.5. The fourth-order valence-electron chi connectivity index (χ4n) is 11.8. The number of amidine groups is 1. The van der Waals surface area contributed by atoms with Crippen LogP contribution >= 0.6 is 22.7 Å². The van der Waals surface area contributed by atoms with Crippen molar-refractivity contribution >= 4 is 96.4 Å². The van der Waals surface area contributed by atoms with Crippen molar-refractivity contribution < 1.29 is 0 Å². The van der Waals surface area contributed by atoms with Crippen molar-refractivity contribution in [1.82, 2.24) is 29.4 Å². The molecule has 0 N–H and O–H groups in total. The number of hydrogen-bond acceptors (Lipinski definition) is 8. The summed E-state index contributed by atoms with van der Waals surface area (Å²) >= 11 is 3.68. The highest BCUT2D eigenvalue weighted by Crippen LogP contribution is 2.43. The average Bonchev–Trinajstić information content (AvgIpc) is 4.42. The monoisotopic (exact) mass is 1090 g/mol. The van der Waals surface area contributed by atoms with E-state index in [1.807, 2.05) is 71.2 Å². The normalized spacial score (nSPS) is 13.7. The van der Waals surface area contributed by atoms with Gasteiger partial charge in [0.05, 0.1) is 34.2 Å². The first kappa shape index (κ1) is 47.8. The number of rotatable bonds is 9. The molecule has 15 aromatic rings. The van der Waals surface area contributed by atoms with Gasteiger partial charge in [0.1, 0.15) is 11.4 Å². The lowest BCUT2D eigenvalue weighted by atomic mass is 9.98. The molecule has 386 valence electrons. The van der Waals surface area contributed by atoms with Crippen LogP contribution < -0.4 is 0 Å². The van der Waals surface area contributed by atoms with Gasteiger partial charge in [-0.15, -0.1) is 22.7 Å². The number of aromatic nitrogens is 5. The van der Waals surface area contributed by atoms with E-state index in [0.29, 0.717) is 29.0 Å². The van der Waals surface area contributed by atoms with Crippen molar-refractivity contribution in [3.8, 4) is 62.2 Å². The smallest absolute Gasteiger partial charge is 0.236 e. The average molecular weight is 1090 g/mol. The molecule has 1 aliphatic heterocycles. The Labute approximate surface area is 480 Å². The molecule has 1 aliphatic rings. The van der Waals surface area contributed by atoms with Crippen LogP contribution in [0, 0.1) is 0 Å². The first-order chi connectivity index (χ1) is 40.5. The van der Waals surface area contributed by atoms with Gasteiger partial charge in [0.25, 0.3) is 0 Å². The van der Waals surface area contributed by atoms with E-state index < -0.39 is 0 Å². The summed E-state index contributed by atoms with van der Waals surface area (Å²) in [7, 11) is 2.10. The molecule has 1 atom stereocenters. The maximum Gasteiger partial charge on any atom is 0.236 e. The van der Waals surface area contributed by atoms with Gasteiger partial charge in [-0.25, -0.2) is 24.9 Å². The van der Waals surface area contributed by atoms with Crippen LogP contribution in [0.1, 0.15) is 22.9 Å². The molecule has 0 radical (unpaired) electrons. The van der Waals surface area contributed by atoms with Crippen LogP contribution in [0.15, 0.2) is 266 Å². The van der Waals surface area contributed by atoms with Crippen LogP contribution in [0.3, 0.4) is 0 Å². The van der Waals surface area contributed by atoms with Gasteiger partial charge in [-0.05, 0) is 112 Å². The van der Waals surface area contributed by atoms with Crippen molar-refractivity contribution in [2.75, 3.05) is 7.05 Å². The zero-order chi connectivity index (χ0) is 54.3. The standard InChI is InChI=1S/C73H47N7S2/c1-79-66(48-24-12-5-13-25-48)44-61(47-22-10-4-11-23-47)76-72(79)63-43-62(71-74-59(45-18-6-2-7-19-45)42-60(75-71)46-20-8-3-9-21-46)77-73(78-63)80-64-34-30-49(51-32-36-69-57(40-51)53-26-14-16-28-67(53)81-69)38-55(64)56-39-50(31-35-65(56)80)52-33-37-70-58(41-52)54-27-15-17-29-68(54)82-70/h2-44,66H,1H3. The number of thiophene rings is 2. The van der Waals surface area contributed by atoms with Crippen molar-refractivity contribution in [1.29, 1.82) is 0 Å². The van der Waals surface area contributed by atoms with Crippen LogP contribution in [0.2, 0.25) is 0 Å². The molecular weight excluding hydrogens is 1040 g/mol. The van der Waals surface area contributed by atoms with E-state index in [-0.39, 0.29) is 6.04 Å². The number of benzene rings is 10. The summed E-state index contributed by atoms with van der Waals surface area (Å²) in [6, 6.07) is 90.4. The van der Waals surface area contributed by atoms with Crippen LogP contribution in [0.4, 0.5) is 0 Å². The highest BCUT2D eigenvalue weighted by Gasteiger charge is 2.29. The molecule has 0 saturated heterocycles. The Hall–Kier alpha value is -10.2. The molecule has 16 rings (SSSR count). The Morgan fingerprint density at radius 1 is 0.341 bits per heavy atom. The largest absolute Gasteiger partial charge is 0.347 e. The Morgan fingerprint density at radius 3 is 1.30 bits per heavy atom. The Balaban J connectivity index is 0.953. The minimum atomic E-state index is -0.157. The number of nitrogens with zero attached hydrogens (tertiary/aromatic N) is 7. The van der Waals surface area contributed by atoms with E-state index in [0.717, 1.165) is 83.4 Å². The molecule has 7 nitrogen and oxygen atoms in total. The van der Waals surface area contributed by atoms with Crippen molar-refractivity contribution in [2.24, 2.45) is 4.99 Å². The predicted molar refractivity (Wildman–Crippen MR) is 343 cm³/mol. The predicted octanol–water partition coefficient (Wildman–Crippen LogP) is 18.9. The second-order valence-corrected chi connectivity index (χ2v) is 23.0. The molecule has 10 aromatic carbocycles. The molecule has 5 aromatic heterocycles. The number of hydrogen-bond donors (Lipinski definition) is 0. The molecule has 82 heavy (non-hydrogen) atoms. The van der Waals surface area contributed by atoms with Crippen molar-refractivity contribution in [3.05, 3.63) is 278 Å². The summed E-state index contributed by atoms with van der Waals surface area (Å²) in [5, 5.41) is 7.25. The molecule has 0 saturated carbocycles. The van der Waals surface area contributed by atoms with Gasteiger partial charge in [-0.1, -0.05) is 182 Å². The SMILES string of the molecule is CN1C(c2cc(-c3nc(-c4ccccc4)cc(-c4ccccc4)n3)nc(-n3c4ccc(-c5ccc6sc7ccccc7c6c5)cc4c4cc(-c5ccc6sc7ccccc7c6c5)ccc43)n2)=NC(c2ccccc2)=CC1c1ccccc1. The van der Waals surface area contributed by atoms with Crippen LogP contribution in [-0.2, 0) is 0 Å². The molecule has 0 fully saturated rings. The molecule has 9 heteroatoms. The van der Waals surface area contributed by atoms with E-state index in [1.54, 1.807) is 0 Å². The lowest BCUT2D eigenvalue weighted by Crippen LogP contribution is -2.34. The zero-order valence-electron chi connectivity index (χ0n) is 44.4. The van der Waals surface area contributed by atoms with Gasteiger partial charge >= 0.3 is 0 Å². The maximum atomic E-state index is 5.67. The molecule has 0 amide bonds. The quantitative estimate of drug-likeness (QED) is 0.144. The fourth-order valence-corrected chi connectivity index (χ4v) is 14.0. The number of aliphatic imine (C=N–C) groups is 1. The van der Waals surface area contributed by atoms with E-state index in [4.69, 9.17) is 24.9 Å². The third-order valence-electron chi connectivity index (χ3n) is 15.9. The third-order valence-corrected chi connectivity index (χ3v) is 18.2.